The van der Waals surface area contributed by atoms with Crippen molar-refractivity contribution in [1.29, 1.82) is 0 Å². The summed E-state index contributed by atoms with van der Waals surface area (Å²) in [6.45, 7) is 1.32. The highest BCUT2D eigenvalue weighted by molar-refractivity contribution is 6.40. The third-order valence-electron chi connectivity index (χ3n) is 3.36. The summed E-state index contributed by atoms with van der Waals surface area (Å²) >= 11 is 18.4. The van der Waals surface area contributed by atoms with Crippen LogP contribution in [0.1, 0.15) is 21.7 Å². The van der Waals surface area contributed by atoms with Gasteiger partial charge in [0.05, 0.1) is 15.7 Å². The van der Waals surface area contributed by atoms with Crippen molar-refractivity contribution in [3.05, 3.63) is 44.2 Å². The van der Waals surface area contributed by atoms with Crippen molar-refractivity contribution in [2.24, 2.45) is 5.73 Å². The molecule has 0 spiro atoms. The third-order valence-corrected chi connectivity index (χ3v) is 4.15. The van der Waals surface area contributed by atoms with Gasteiger partial charge >= 0.3 is 0 Å². The fourth-order valence-corrected chi connectivity index (χ4v) is 3.44. The maximum atomic E-state index is 11.6. The standard InChI is InChI=1S/C13H11Cl3N4O/c14-6-3-8(15)12(9(16)4-6)20-10-1-2-18-5-7(10)11(19-20)13(17)21/h3-4,18H,1-2,5H2,(H2,17,21). The molecule has 0 saturated carbocycles. The first kappa shape index (κ1) is 14.7. The number of fused-ring (bicyclic) bond motifs is 1. The van der Waals surface area contributed by atoms with Crippen LogP contribution in [0.3, 0.4) is 0 Å². The van der Waals surface area contributed by atoms with Crippen LogP contribution in [0, 0.1) is 0 Å². The van der Waals surface area contributed by atoms with Crippen LogP contribution in [-0.2, 0) is 13.0 Å². The lowest BCUT2D eigenvalue weighted by Gasteiger charge is -2.16. The minimum absolute atomic E-state index is 0.235. The summed E-state index contributed by atoms with van der Waals surface area (Å²) in [5.41, 5.74) is 7.81. The van der Waals surface area contributed by atoms with E-state index in [0.717, 1.165) is 17.8 Å². The second-order valence-corrected chi connectivity index (χ2v) is 5.95. The van der Waals surface area contributed by atoms with E-state index >= 15 is 0 Å². The summed E-state index contributed by atoms with van der Waals surface area (Å²) in [6, 6.07) is 3.17. The molecule has 110 valence electrons. The van der Waals surface area contributed by atoms with Crippen LogP contribution in [-0.4, -0.2) is 22.2 Å². The lowest BCUT2D eigenvalue weighted by molar-refractivity contribution is 0.0994. The van der Waals surface area contributed by atoms with E-state index in [1.165, 1.54) is 0 Å². The average Bonchev–Trinajstić information content (AvgIpc) is 2.78. The average molecular weight is 346 g/mol. The molecule has 0 saturated heterocycles. The van der Waals surface area contributed by atoms with Gasteiger partial charge in [0.25, 0.3) is 5.91 Å². The van der Waals surface area contributed by atoms with Crippen LogP contribution < -0.4 is 11.1 Å². The molecule has 3 rings (SSSR count). The van der Waals surface area contributed by atoms with E-state index in [-0.39, 0.29) is 5.69 Å². The number of rotatable bonds is 2. The molecule has 8 heteroatoms. The van der Waals surface area contributed by atoms with E-state index < -0.39 is 5.91 Å². The van der Waals surface area contributed by atoms with Crippen LogP contribution in [0.4, 0.5) is 0 Å². The van der Waals surface area contributed by atoms with Gasteiger partial charge in [-0.3, -0.25) is 4.79 Å². The Balaban J connectivity index is 2.26. The van der Waals surface area contributed by atoms with E-state index in [4.69, 9.17) is 40.5 Å². The zero-order chi connectivity index (χ0) is 15.1. The number of benzene rings is 1. The Morgan fingerprint density at radius 2 is 1.95 bits per heavy atom. The second-order valence-electron chi connectivity index (χ2n) is 4.69. The van der Waals surface area contributed by atoms with Crippen molar-refractivity contribution in [1.82, 2.24) is 15.1 Å². The molecule has 0 unspecified atom stereocenters. The first-order valence-corrected chi connectivity index (χ1v) is 7.38. The third kappa shape index (κ3) is 2.51. The van der Waals surface area contributed by atoms with Gasteiger partial charge in [-0.1, -0.05) is 34.8 Å². The molecule has 1 amide bonds. The first-order valence-electron chi connectivity index (χ1n) is 6.25. The van der Waals surface area contributed by atoms with Gasteiger partial charge in [0.1, 0.15) is 5.69 Å². The number of nitrogens with one attached hydrogen (secondary N) is 1. The monoisotopic (exact) mass is 344 g/mol. The van der Waals surface area contributed by atoms with E-state index in [0.29, 0.717) is 33.7 Å². The topological polar surface area (TPSA) is 72.9 Å². The summed E-state index contributed by atoms with van der Waals surface area (Å²) in [7, 11) is 0. The molecule has 5 nitrogen and oxygen atoms in total. The zero-order valence-electron chi connectivity index (χ0n) is 10.8. The van der Waals surface area contributed by atoms with Crippen LogP contribution in [0.5, 0.6) is 0 Å². The van der Waals surface area contributed by atoms with Gasteiger partial charge in [-0.15, -0.1) is 0 Å². The Morgan fingerprint density at radius 1 is 1.29 bits per heavy atom. The second kappa shape index (κ2) is 5.50. The minimum atomic E-state index is -0.574. The zero-order valence-corrected chi connectivity index (χ0v) is 13.1. The van der Waals surface area contributed by atoms with Gasteiger partial charge < -0.3 is 11.1 Å². The maximum absolute atomic E-state index is 11.6. The SMILES string of the molecule is NC(=O)c1nn(-c2c(Cl)cc(Cl)cc2Cl)c2c1CNCC2. The molecule has 0 atom stereocenters. The maximum Gasteiger partial charge on any atom is 0.269 e. The van der Waals surface area contributed by atoms with Gasteiger partial charge in [-0.05, 0) is 12.1 Å². The summed E-state index contributed by atoms with van der Waals surface area (Å²) in [5.74, 6) is -0.574. The fourth-order valence-electron chi connectivity index (χ4n) is 2.47. The summed E-state index contributed by atoms with van der Waals surface area (Å²) in [6.07, 6.45) is 0.699. The summed E-state index contributed by atoms with van der Waals surface area (Å²) < 4.78 is 1.59. The van der Waals surface area contributed by atoms with Crippen molar-refractivity contribution < 1.29 is 4.79 Å². The summed E-state index contributed by atoms with van der Waals surface area (Å²) in [5, 5.41) is 8.67. The van der Waals surface area contributed by atoms with E-state index in [9.17, 15) is 4.79 Å². The fraction of sp³-hybridized carbons (Fsp3) is 0.231. The highest BCUT2D eigenvalue weighted by Crippen LogP contribution is 2.34. The number of nitrogens with zero attached hydrogens (tertiary/aromatic N) is 2. The number of halogens is 3. The normalized spacial score (nSPS) is 14.0. The lowest BCUT2D eigenvalue weighted by atomic mass is 10.1. The number of hydrogen-bond acceptors (Lipinski definition) is 3. The van der Waals surface area contributed by atoms with Crippen molar-refractivity contribution in [3.63, 3.8) is 0 Å². The molecule has 21 heavy (non-hydrogen) atoms. The number of carbonyl (C=O) groups excluding carboxylic acids is 1. The Hall–Kier alpha value is -1.27. The first-order chi connectivity index (χ1) is 9.99. The van der Waals surface area contributed by atoms with Crippen LogP contribution in [0.25, 0.3) is 5.69 Å². The quantitative estimate of drug-likeness (QED) is 0.878. The molecule has 1 aromatic heterocycles. The van der Waals surface area contributed by atoms with Crippen LogP contribution >= 0.6 is 34.8 Å². The van der Waals surface area contributed by atoms with Crippen LogP contribution in [0.2, 0.25) is 15.1 Å². The van der Waals surface area contributed by atoms with Crippen molar-refractivity contribution >= 4 is 40.7 Å². The Kier molecular flexibility index (Phi) is 3.84. The Labute approximate surface area is 136 Å². The smallest absolute Gasteiger partial charge is 0.269 e. The van der Waals surface area contributed by atoms with Crippen LogP contribution in [0.15, 0.2) is 12.1 Å². The van der Waals surface area contributed by atoms with E-state index in [1.54, 1.807) is 16.8 Å². The molecule has 2 aromatic rings. The molecule has 0 aliphatic carbocycles. The molecular formula is C13H11Cl3N4O. The molecule has 2 heterocycles. The van der Waals surface area contributed by atoms with E-state index in [2.05, 4.69) is 10.4 Å². The molecule has 0 fully saturated rings. The molecular weight excluding hydrogens is 335 g/mol. The number of aromatic nitrogens is 2. The highest BCUT2D eigenvalue weighted by Gasteiger charge is 2.26. The molecule has 1 aliphatic heterocycles. The highest BCUT2D eigenvalue weighted by atomic mass is 35.5. The molecule has 0 bridgehead atoms. The van der Waals surface area contributed by atoms with Crippen molar-refractivity contribution in [2.75, 3.05) is 6.54 Å². The van der Waals surface area contributed by atoms with Gasteiger partial charge in [-0.25, -0.2) is 4.68 Å². The number of hydrogen-bond donors (Lipinski definition) is 2. The van der Waals surface area contributed by atoms with Gasteiger partial charge in [-0.2, -0.15) is 5.10 Å². The predicted molar refractivity (Wildman–Crippen MR) is 82.5 cm³/mol. The Bertz CT molecular complexity index is 718. The predicted octanol–water partition coefficient (Wildman–Crippen LogP) is 2.58. The minimum Gasteiger partial charge on any atom is -0.364 e. The van der Waals surface area contributed by atoms with Crippen molar-refractivity contribution in [2.45, 2.75) is 13.0 Å². The van der Waals surface area contributed by atoms with Crippen molar-refractivity contribution in [3.8, 4) is 5.69 Å². The van der Waals surface area contributed by atoms with Gasteiger partial charge in [0.2, 0.25) is 0 Å². The molecule has 1 aliphatic rings. The number of amides is 1. The lowest BCUT2D eigenvalue weighted by Crippen LogP contribution is -2.26. The van der Waals surface area contributed by atoms with Gasteiger partial charge in [0, 0.05) is 30.1 Å². The van der Waals surface area contributed by atoms with Gasteiger partial charge in [0.15, 0.2) is 5.69 Å². The summed E-state index contributed by atoms with van der Waals surface area (Å²) in [4.78, 5) is 11.6. The Morgan fingerprint density at radius 3 is 2.57 bits per heavy atom. The molecule has 1 aromatic carbocycles. The number of primary amides is 1. The van der Waals surface area contributed by atoms with E-state index in [1.807, 2.05) is 0 Å². The number of nitrogens with two attached hydrogens (primary N) is 1. The molecule has 3 N–H and O–H groups in total. The molecule has 0 radical (unpaired) electrons. The number of carbonyl (C=O) groups is 1. The largest absolute Gasteiger partial charge is 0.364 e.